The first kappa shape index (κ1) is 19.7. The van der Waals surface area contributed by atoms with Crippen molar-refractivity contribution < 1.29 is 0 Å². The van der Waals surface area contributed by atoms with Gasteiger partial charge in [-0.05, 0) is 51.3 Å². The van der Waals surface area contributed by atoms with E-state index < -0.39 is 0 Å². The maximum atomic E-state index is 4.44. The molecule has 0 radical (unpaired) electrons. The van der Waals surface area contributed by atoms with Crippen LogP contribution >= 0.6 is 0 Å². The highest BCUT2D eigenvalue weighted by Gasteiger charge is 2.17. The molecule has 6 nitrogen and oxygen atoms in total. The Morgan fingerprint density at radius 1 is 1.15 bits per heavy atom. The van der Waals surface area contributed by atoms with Gasteiger partial charge in [0.1, 0.15) is 0 Å². The minimum absolute atomic E-state index is 0.746. The zero-order chi connectivity index (χ0) is 18.9. The Balaban J connectivity index is 1.31. The second kappa shape index (κ2) is 10.3. The number of piperidine rings is 1. The summed E-state index contributed by atoms with van der Waals surface area (Å²) in [6.45, 7) is 7.62. The molecule has 3 rings (SSSR count). The topological polar surface area (TPSA) is 57.5 Å². The van der Waals surface area contributed by atoms with Gasteiger partial charge in [-0.2, -0.15) is 0 Å². The maximum Gasteiger partial charge on any atom is 0.190 e. The fourth-order valence-corrected chi connectivity index (χ4v) is 3.84. The molecular formula is C21H34N6. The van der Waals surface area contributed by atoms with E-state index in [0.717, 1.165) is 50.0 Å². The molecule has 2 heterocycles. The second-order valence-electron chi connectivity index (χ2n) is 7.44. The summed E-state index contributed by atoms with van der Waals surface area (Å²) < 4.78 is 2.22. The second-order valence-corrected chi connectivity index (χ2v) is 7.44. The summed E-state index contributed by atoms with van der Waals surface area (Å²) in [6.07, 6.45) is 8.22. The SMILES string of the molecule is CN=C(NCCCN1CCCCC1C)NCCCn1cnc2ccccc21. The van der Waals surface area contributed by atoms with Gasteiger partial charge >= 0.3 is 0 Å². The molecule has 1 saturated heterocycles. The van der Waals surface area contributed by atoms with Gasteiger partial charge in [0.2, 0.25) is 0 Å². The number of rotatable bonds is 8. The van der Waals surface area contributed by atoms with Crippen LogP contribution in [-0.2, 0) is 6.54 Å². The molecule has 1 unspecified atom stereocenters. The third-order valence-electron chi connectivity index (χ3n) is 5.47. The number of benzene rings is 1. The van der Waals surface area contributed by atoms with Gasteiger partial charge in [0, 0.05) is 39.3 Å². The van der Waals surface area contributed by atoms with Crippen molar-refractivity contribution in [2.45, 2.75) is 51.6 Å². The van der Waals surface area contributed by atoms with Crippen LogP contribution in [0.1, 0.15) is 39.0 Å². The third-order valence-corrected chi connectivity index (χ3v) is 5.47. The molecule has 27 heavy (non-hydrogen) atoms. The molecule has 1 atom stereocenters. The summed E-state index contributed by atoms with van der Waals surface area (Å²) in [7, 11) is 1.84. The van der Waals surface area contributed by atoms with Gasteiger partial charge < -0.3 is 20.1 Å². The average molecular weight is 371 g/mol. The molecule has 0 spiro atoms. The van der Waals surface area contributed by atoms with Crippen molar-refractivity contribution in [3.8, 4) is 0 Å². The third kappa shape index (κ3) is 5.70. The number of hydrogen-bond acceptors (Lipinski definition) is 3. The van der Waals surface area contributed by atoms with Crippen LogP contribution in [0, 0.1) is 0 Å². The molecule has 1 aromatic heterocycles. The zero-order valence-corrected chi connectivity index (χ0v) is 16.8. The molecule has 1 fully saturated rings. The van der Waals surface area contributed by atoms with E-state index in [2.05, 4.69) is 55.2 Å². The standard InChI is InChI=1S/C21H34N6/c1-18-9-5-6-14-26(18)15-7-12-23-21(22-2)24-13-8-16-27-17-25-19-10-3-4-11-20(19)27/h3-4,10-11,17-18H,5-9,12-16H2,1-2H3,(H2,22,23,24). The van der Waals surface area contributed by atoms with E-state index in [-0.39, 0.29) is 0 Å². The summed E-state index contributed by atoms with van der Waals surface area (Å²) in [6, 6.07) is 9.02. The van der Waals surface area contributed by atoms with Gasteiger partial charge in [-0.3, -0.25) is 4.99 Å². The predicted molar refractivity (Wildman–Crippen MR) is 113 cm³/mol. The summed E-state index contributed by atoms with van der Waals surface area (Å²) >= 11 is 0. The summed E-state index contributed by atoms with van der Waals surface area (Å²) in [5.74, 6) is 0.900. The van der Waals surface area contributed by atoms with Crippen molar-refractivity contribution in [3.63, 3.8) is 0 Å². The van der Waals surface area contributed by atoms with Gasteiger partial charge in [0.25, 0.3) is 0 Å². The van der Waals surface area contributed by atoms with Gasteiger partial charge in [-0.15, -0.1) is 0 Å². The van der Waals surface area contributed by atoms with Gasteiger partial charge in [0.05, 0.1) is 17.4 Å². The number of aliphatic imine (C=N–C) groups is 1. The van der Waals surface area contributed by atoms with E-state index in [1.807, 2.05) is 19.4 Å². The van der Waals surface area contributed by atoms with Gasteiger partial charge in [0.15, 0.2) is 5.96 Å². The van der Waals surface area contributed by atoms with E-state index in [9.17, 15) is 0 Å². The fourth-order valence-electron chi connectivity index (χ4n) is 3.84. The van der Waals surface area contributed by atoms with Gasteiger partial charge in [-0.1, -0.05) is 18.6 Å². The molecule has 148 valence electrons. The van der Waals surface area contributed by atoms with Crippen LogP contribution in [0.25, 0.3) is 11.0 Å². The predicted octanol–water partition coefficient (Wildman–Crippen LogP) is 2.86. The van der Waals surface area contributed by atoms with Crippen LogP contribution in [0.5, 0.6) is 0 Å². The quantitative estimate of drug-likeness (QED) is 0.426. The number of imidazole rings is 1. The summed E-state index contributed by atoms with van der Waals surface area (Å²) in [5, 5.41) is 6.86. The van der Waals surface area contributed by atoms with Crippen molar-refractivity contribution in [2.75, 3.05) is 33.2 Å². The number of nitrogens with one attached hydrogen (secondary N) is 2. The highest BCUT2D eigenvalue weighted by Crippen LogP contribution is 2.16. The number of fused-ring (bicyclic) bond motifs is 1. The van der Waals surface area contributed by atoms with Crippen molar-refractivity contribution in [1.29, 1.82) is 0 Å². The van der Waals surface area contributed by atoms with Crippen LogP contribution in [0.3, 0.4) is 0 Å². The van der Waals surface area contributed by atoms with Crippen LogP contribution in [0.15, 0.2) is 35.6 Å². The fraction of sp³-hybridized carbons (Fsp3) is 0.619. The van der Waals surface area contributed by atoms with Crippen molar-refractivity contribution in [2.24, 2.45) is 4.99 Å². The van der Waals surface area contributed by atoms with Crippen LogP contribution in [-0.4, -0.2) is 59.7 Å². The minimum atomic E-state index is 0.746. The molecule has 0 amide bonds. The van der Waals surface area contributed by atoms with Crippen molar-refractivity contribution in [1.82, 2.24) is 25.1 Å². The van der Waals surface area contributed by atoms with E-state index >= 15 is 0 Å². The molecule has 0 aliphatic carbocycles. The van der Waals surface area contributed by atoms with Crippen molar-refractivity contribution >= 4 is 17.0 Å². The first-order valence-electron chi connectivity index (χ1n) is 10.4. The number of aromatic nitrogens is 2. The van der Waals surface area contributed by atoms with E-state index in [4.69, 9.17) is 0 Å². The lowest BCUT2D eigenvalue weighted by atomic mass is 10.0. The molecule has 1 aliphatic heterocycles. The van der Waals surface area contributed by atoms with Crippen LogP contribution in [0.4, 0.5) is 0 Å². The normalized spacial score (nSPS) is 18.7. The lowest BCUT2D eigenvalue weighted by molar-refractivity contribution is 0.159. The Kier molecular flexibility index (Phi) is 7.51. The number of hydrogen-bond donors (Lipinski definition) is 2. The average Bonchev–Trinajstić information content (AvgIpc) is 3.11. The van der Waals surface area contributed by atoms with Gasteiger partial charge in [-0.25, -0.2) is 4.98 Å². The van der Waals surface area contributed by atoms with E-state index in [1.54, 1.807) is 0 Å². The summed E-state index contributed by atoms with van der Waals surface area (Å²) in [5.41, 5.74) is 2.26. The molecule has 1 aromatic carbocycles. The first-order valence-corrected chi connectivity index (χ1v) is 10.4. The lowest BCUT2D eigenvalue weighted by Crippen LogP contribution is -2.41. The van der Waals surface area contributed by atoms with E-state index in [1.165, 1.54) is 37.9 Å². The number of para-hydroxylation sites is 2. The van der Waals surface area contributed by atoms with E-state index in [0.29, 0.717) is 0 Å². The molecule has 0 bridgehead atoms. The number of guanidine groups is 1. The Labute approximate surface area is 163 Å². The maximum absolute atomic E-state index is 4.44. The number of likely N-dealkylation sites (tertiary alicyclic amines) is 1. The number of nitrogens with zero attached hydrogens (tertiary/aromatic N) is 4. The molecule has 0 saturated carbocycles. The molecule has 1 aliphatic rings. The number of aryl methyl sites for hydroxylation is 1. The van der Waals surface area contributed by atoms with Crippen LogP contribution in [0.2, 0.25) is 0 Å². The zero-order valence-electron chi connectivity index (χ0n) is 16.8. The first-order chi connectivity index (χ1) is 13.3. The Morgan fingerprint density at radius 3 is 2.70 bits per heavy atom. The molecule has 2 N–H and O–H groups in total. The van der Waals surface area contributed by atoms with Crippen LogP contribution < -0.4 is 10.6 Å². The highest BCUT2D eigenvalue weighted by molar-refractivity contribution is 5.79. The van der Waals surface area contributed by atoms with Crippen molar-refractivity contribution in [3.05, 3.63) is 30.6 Å². The largest absolute Gasteiger partial charge is 0.356 e. The minimum Gasteiger partial charge on any atom is -0.356 e. The monoisotopic (exact) mass is 370 g/mol. The lowest BCUT2D eigenvalue weighted by Gasteiger charge is -2.33. The Hall–Kier alpha value is -2.08. The Morgan fingerprint density at radius 2 is 1.93 bits per heavy atom. The Bertz CT molecular complexity index is 722. The summed E-state index contributed by atoms with van der Waals surface area (Å²) in [4.78, 5) is 11.4. The molecule has 2 aromatic rings. The highest BCUT2D eigenvalue weighted by atomic mass is 15.2. The molecule has 6 heteroatoms. The smallest absolute Gasteiger partial charge is 0.190 e. The molecular weight excluding hydrogens is 336 g/mol.